The highest BCUT2D eigenvalue weighted by Gasteiger charge is 2.21. The lowest BCUT2D eigenvalue weighted by molar-refractivity contribution is 1.07. The first-order chi connectivity index (χ1) is 33.2. The minimum Gasteiger partial charge on any atom is -0.309 e. The molecule has 0 bridgehead atoms. The number of hydrogen-bond acceptors (Lipinski definition) is 3. The first-order valence-electron chi connectivity index (χ1n) is 23.4. The molecule has 0 atom stereocenters. The van der Waals surface area contributed by atoms with Crippen LogP contribution < -0.4 is 0 Å². The van der Waals surface area contributed by atoms with Crippen LogP contribution >= 0.6 is 0 Å². The SMILES string of the molecule is Cc1cc(C)c(-c2ccc3c4ccccc4n(-c4cc(-c5nc(-c6ccccc6)nc(-c6ccccc6)n5)cc(-n5c6ccccc6c6ccc(-c7c(C)cc(C)cc7C)cc65)c4)c3c2)c(C)c1. The Bertz CT molecular complexity index is 3670. The molecule has 0 amide bonds. The molecule has 12 rings (SSSR count). The number of aromatic nitrogens is 5. The topological polar surface area (TPSA) is 48.5 Å². The van der Waals surface area contributed by atoms with Crippen molar-refractivity contribution in [1.82, 2.24) is 24.1 Å². The van der Waals surface area contributed by atoms with Crippen LogP contribution in [0.1, 0.15) is 33.4 Å². The third-order valence-electron chi connectivity index (χ3n) is 13.7. The summed E-state index contributed by atoms with van der Waals surface area (Å²) in [5, 5.41) is 4.78. The van der Waals surface area contributed by atoms with Crippen LogP contribution in [-0.2, 0) is 0 Å². The van der Waals surface area contributed by atoms with Gasteiger partial charge in [0.25, 0.3) is 0 Å². The van der Waals surface area contributed by atoms with Crippen molar-refractivity contribution in [3.8, 4) is 67.8 Å². The molecule has 9 aromatic carbocycles. The van der Waals surface area contributed by atoms with Crippen molar-refractivity contribution in [1.29, 1.82) is 0 Å². The molecule has 0 unspecified atom stereocenters. The Balaban J connectivity index is 1.19. The second kappa shape index (κ2) is 16.2. The van der Waals surface area contributed by atoms with Gasteiger partial charge in [-0.1, -0.05) is 157 Å². The van der Waals surface area contributed by atoms with Crippen LogP contribution in [0, 0.1) is 41.5 Å². The number of nitrogens with zero attached hydrogens (tertiary/aromatic N) is 5. The maximum atomic E-state index is 5.31. The molecule has 12 aromatic rings. The summed E-state index contributed by atoms with van der Waals surface area (Å²) >= 11 is 0. The lowest BCUT2D eigenvalue weighted by atomic mass is 9.93. The number of fused-ring (bicyclic) bond motifs is 6. The van der Waals surface area contributed by atoms with Gasteiger partial charge in [-0.2, -0.15) is 0 Å². The summed E-state index contributed by atoms with van der Waals surface area (Å²) in [5.74, 6) is 1.84. The molecule has 0 spiro atoms. The van der Waals surface area contributed by atoms with Crippen molar-refractivity contribution >= 4 is 43.6 Å². The summed E-state index contributed by atoms with van der Waals surface area (Å²) < 4.78 is 4.88. The van der Waals surface area contributed by atoms with Gasteiger partial charge in [0, 0.05) is 49.6 Å². The largest absolute Gasteiger partial charge is 0.309 e. The summed E-state index contributed by atoms with van der Waals surface area (Å²) in [7, 11) is 0. The minimum absolute atomic E-state index is 0.598. The number of para-hydroxylation sites is 2. The van der Waals surface area contributed by atoms with Crippen molar-refractivity contribution in [2.24, 2.45) is 0 Å². The maximum absolute atomic E-state index is 5.31. The van der Waals surface area contributed by atoms with E-state index in [9.17, 15) is 0 Å². The molecule has 5 heteroatoms. The van der Waals surface area contributed by atoms with E-state index in [1.165, 1.54) is 77.2 Å². The molecule has 0 saturated heterocycles. The van der Waals surface area contributed by atoms with E-state index in [0.717, 1.165) is 50.1 Å². The third kappa shape index (κ3) is 6.89. The van der Waals surface area contributed by atoms with Crippen LogP contribution in [0.25, 0.3) is 111 Å². The monoisotopic (exact) mass is 875 g/mol. The highest BCUT2D eigenvalue weighted by Crippen LogP contribution is 2.41. The number of hydrogen-bond donors (Lipinski definition) is 0. The molecule has 326 valence electrons. The molecular formula is C63H49N5. The van der Waals surface area contributed by atoms with Gasteiger partial charge in [-0.3, -0.25) is 0 Å². The molecular weight excluding hydrogens is 827 g/mol. The van der Waals surface area contributed by atoms with Gasteiger partial charge in [-0.25, -0.2) is 15.0 Å². The zero-order valence-electron chi connectivity index (χ0n) is 39.1. The van der Waals surface area contributed by atoms with Crippen LogP contribution in [0.3, 0.4) is 0 Å². The number of rotatable bonds is 7. The molecule has 3 aromatic heterocycles. The van der Waals surface area contributed by atoms with E-state index in [-0.39, 0.29) is 0 Å². The summed E-state index contributed by atoms with van der Waals surface area (Å²) in [4.78, 5) is 15.7. The Morgan fingerprint density at radius 2 is 0.632 bits per heavy atom. The van der Waals surface area contributed by atoms with E-state index in [0.29, 0.717) is 17.5 Å². The summed E-state index contributed by atoms with van der Waals surface area (Å²) in [6.07, 6.45) is 0. The van der Waals surface area contributed by atoms with E-state index >= 15 is 0 Å². The summed E-state index contributed by atoms with van der Waals surface area (Å²) in [5.41, 5.74) is 21.8. The Morgan fingerprint density at radius 1 is 0.279 bits per heavy atom. The van der Waals surface area contributed by atoms with Gasteiger partial charge in [0.2, 0.25) is 0 Å². The predicted molar refractivity (Wildman–Crippen MR) is 284 cm³/mol. The lowest BCUT2D eigenvalue weighted by Crippen LogP contribution is -2.03. The average molecular weight is 876 g/mol. The number of aryl methyl sites for hydroxylation is 6. The maximum Gasteiger partial charge on any atom is 0.164 e. The van der Waals surface area contributed by atoms with Crippen LogP contribution in [0.4, 0.5) is 0 Å². The predicted octanol–water partition coefficient (Wildman–Crippen LogP) is 16.3. The zero-order valence-corrected chi connectivity index (χ0v) is 39.1. The van der Waals surface area contributed by atoms with E-state index in [4.69, 9.17) is 15.0 Å². The molecule has 0 aliphatic carbocycles. The number of benzene rings is 9. The molecule has 0 radical (unpaired) electrons. The molecule has 3 heterocycles. The fraction of sp³-hybridized carbons (Fsp3) is 0.0952. The van der Waals surface area contributed by atoms with Gasteiger partial charge in [-0.05, 0) is 129 Å². The van der Waals surface area contributed by atoms with Gasteiger partial charge in [-0.15, -0.1) is 0 Å². The molecule has 68 heavy (non-hydrogen) atoms. The Hall–Kier alpha value is -8.41. The molecule has 0 fully saturated rings. The zero-order chi connectivity index (χ0) is 46.2. The first kappa shape index (κ1) is 41.1. The van der Waals surface area contributed by atoms with Crippen molar-refractivity contribution in [3.63, 3.8) is 0 Å². The quantitative estimate of drug-likeness (QED) is 0.160. The molecule has 5 nitrogen and oxygen atoms in total. The average Bonchev–Trinajstić information content (AvgIpc) is 3.86. The lowest BCUT2D eigenvalue weighted by Gasteiger charge is -2.17. The van der Waals surface area contributed by atoms with E-state index in [1.54, 1.807) is 0 Å². The van der Waals surface area contributed by atoms with Gasteiger partial charge in [0.15, 0.2) is 17.5 Å². The van der Waals surface area contributed by atoms with Gasteiger partial charge in [0.05, 0.1) is 22.1 Å². The van der Waals surface area contributed by atoms with Crippen molar-refractivity contribution in [2.75, 3.05) is 0 Å². The van der Waals surface area contributed by atoms with E-state index < -0.39 is 0 Å². The Morgan fingerprint density at radius 3 is 1.04 bits per heavy atom. The minimum atomic E-state index is 0.598. The second-order valence-corrected chi connectivity index (χ2v) is 18.5. The van der Waals surface area contributed by atoms with E-state index in [1.807, 2.05) is 36.4 Å². The molecule has 0 N–H and O–H groups in total. The fourth-order valence-corrected chi connectivity index (χ4v) is 11.0. The Kier molecular flexibility index (Phi) is 9.77. The third-order valence-corrected chi connectivity index (χ3v) is 13.7. The van der Waals surface area contributed by atoms with Crippen LogP contribution in [0.15, 0.2) is 188 Å². The van der Waals surface area contributed by atoms with Crippen LogP contribution in [0.5, 0.6) is 0 Å². The van der Waals surface area contributed by atoms with E-state index in [2.05, 4.69) is 202 Å². The van der Waals surface area contributed by atoms with Crippen molar-refractivity contribution < 1.29 is 0 Å². The standard InChI is InChI=1S/C63H49N5/c1-38-29-40(3)59(41(4)30-38)46-25-27-53-51-21-13-15-23-55(51)67(57(53)35-46)49-33-48(63-65-61(44-17-9-7-10-18-44)64-62(66-63)45-19-11-8-12-20-45)34-50(37-49)68-56-24-16-14-22-52(56)54-28-26-47(36-58(54)68)60-42(5)31-39(2)32-43(60)6/h7-37H,1-6H3. The van der Waals surface area contributed by atoms with Gasteiger partial charge < -0.3 is 9.13 Å². The highest BCUT2D eigenvalue weighted by molar-refractivity contribution is 6.12. The van der Waals surface area contributed by atoms with Crippen LogP contribution in [-0.4, -0.2) is 24.1 Å². The van der Waals surface area contributed by atoms with Crippen LogP contribution in [0.2, 0.25) is 0 Å². The molecule has 0 saturated carbocycles. The second-order valence-electron chi connectivity index (χ2n) is 18.5. The first-order valence-corrected chi connectivity index (χ1v) is 23.4. The highest BCUT2D eigenvalue weighted by atomic mass is 15.0. The Labute approximate surface area is 396 Å². The fourth-order valence-electron chi connectivity index (χ4n) is 11.0. The van der Waals surface area contributed by atoms with Crippen molar-refractivity contribution in [3.05, 3.63) is 221 Å². The smallest absolute Gasteiger partial charge is 0.164 e. The molecule has 0 aliphatic rings. The molecule has 0 aliphatic heterocycles. The summed E-state index contributed by atoms with van der Waals surface area (Å²) in [6.45, 7) is 13.3. The van der Waals surface area contributed by atoms with Gasteiger partial charge >= 0.3 is 0 Å². The normalized spacial score (nSPS) is 11.7. The van der Waals surface area contributed by atoms with Crippen molar-refractivity contribution in [2.45, 2.75) is 41.5 Å². The summed E-state index contributed by atoms with van der Waals surface area (Å²) in [6, 6.07) is 68.0. The van der Waals surface area contributed by atoms with Gasteiger partial charge in [0.1, 0.15) is 0 Å².